The molecule has 0 spiro atoms. The van der Waals surface area contributed by atoms with Gasteiger partial charge in [-0.15, -0.1) is 0 Å². The Morgan fingerprint density at radius 1 is 1.58 bits per heavy atom. The summed E-state index contributed by atoms with van der Waals surface area (Å²) >= 11 is 0. The second-order valence-corrected chi connectivity index (χ2v) is 2.85. The van der Waals surface area contributed by atoms with Crippen LogP contribution >= 0.6 is 0 Å². The molecular weight excluding hydrogens is 154 g/mol. The van der Waals surface area contributed by atoms with E-state index in [9.17, 15) is 4.79 Å². The van der Waals surface area contributed by atoms with Gasteiger partial charge in [0.15, 0.2) is 0 Å². The Hall–Kier alpha value is -0.830. The van der Waals surface area contributed by atoms with Crippen molar-refractivity contribution in [2.24, 2.45) is 0 Å². The summed E-state index contributed by atoms with van der Waals surface area (Å²) < 4.78 is 4.91. The van der Waals surface area contributed by atoms with Gasteiger partial charge in [0.25, 0.3) is 0 Å². The fourth-order valence-electron chi connectivity index (χ4n) is 1.22. The molecule has 0 aromatic heterocycles. The quantitative estimate of drug-likeness (QED) is 0.462. The highest BCUT2D eigenvalue weighted by molar-refractivity contribution is 5.75. The predicted molar refractivity (Wildman–Crippen MR) is 46.8 cm³/mol. The molecule has 0 saturated heterocycles. The lowest BCUT2D eigenvalue weighted by molar-refractivity contribution is -0.148. The van der Waals surface area contributed by atoms with Gasteiger partial charge < -0.3 is 4.74 Å². The summed E-state index contributed by atoms with van der Waals surface area (Å²) in [4.78, 5) is 13.3. The highest BCUT2D eigenvalue weighted by Crippen LogP contribution is 2.06. The number of nitrogens with zero attached hydrogens (tertiary/aromatic N) is 1. The van der Waals surface area contributed by atoms with E-state index >= 15 is 0 Å². The van der Waals surface area contributed by atoms with Gasteiger partial charge in [0, 0.05) is 13.1 Å². The van der Waals surface area contributed by atoms with E-state index in [0.29, 0.717) is 6.61 Å². The Bertz CT molecular complexity index is 181. The smallest absolute Gasteiger partial charge is 0.323 e. The number of carbonyl (C=O) groups is 1. The number of hydrogen-bond donors (Lipinski definition) is 0. The zero-order valence-corrected chi connectivity index (χ0v) is 7.62. The summed E-state index contributed by atoms with van der Waals surface area (Å²) in [6, 6.07) is -0.111. The molecule has 1 rings (SSSR count). The van der Waals surface area contributed by atoms with Crippen LogP contribution in [0.5, 0.6) is 0 Å². The van der Waals surface area contributed by atoms with E-state index in [4.69, 9.17) is 4.74 Å². The summed E-state index contributed by atoms with van der Waals surface area (Å²) in [7, 11) is 0. The van der Waals surface area contributed by atoms with Gasteiger partial charge in [0.05, 0.1) is 6.61 Å². The van der Waals surface area contributed by atoms with Gasteiger partial charge in [-0.2, -0.15) is 0 Å². The van der Waals surface area contributed by atoms with Crippen molar-refractivity contribution in [1.29, 1.82) is 0 Å². The summed E-state index contributed by atoms with van der Waals surface area (Å²) in [6.45, 7) is 5.89. The lowest BCUT2D eigenvalue weighted by Gasteiger charge is -2.21. The molecule has 68 valence electrons. The standard InChI is InChI=1S/C9H15NO2/c1-3-12-9(11)8(2)10-6-4-5-7-10/h4-5,8H,3,6-7H2,1-2H3/t8-/m0/s1. The normalized spacial score (nSPS) is 19.5. The van der Waals surface area contributed by atoms with Crippen molar-refractivity contribution in [2.75, 3.05) is 19.7 Å². The molecular formula is C9H15NO2. The molecule has 1 aliphatic rings. The van der Waals surface area contributed by atoms with Crippen LogP contribution in [0.4, 0.5) is 0 Å². The lowest BCUT2D eigenvalue weighted by atomic mass is 10.3. The first kappa shape index (κ1) is 9.26. The first-order valence-electron chi connectivity index (χ1n) is 4.31. The molecule has 1 atom stereocenters. The Labute approximate surface area is 73.0 Å². The van der Waals surface area contributed by atoms with Crippen LogP contribution in [-0.4, -0.2) is 36.6 Å². The van der Waals surface area contributed by atoms with Crippen LogP contribution in [0.2, 0.25) is 0 Å². The van der Waals surface area contributed by atoms with Crippen molar-refractivity contribution < 1.29 is 9.53 Å². The SMILES string of the molecule is CCOC(=O)[C@H](C)N1CC=CC1. The van der Waals surface area contributed by atoms with Crippen LogP contribution in [0.25, 0.3) is 0 Å². The van der Waals surface area contributed by atoms with E-state index in [0.717, 1.165) is 13.1 Å². The fourth-order valence-corrected chi connectivity index (χ4v) is 1.22. The molecule has 0 radical (unpaired) electrons. The van der Waals surface area contributed by atoms with Gasteiger partial charge >= 0.3 is 5.97 Å². The van der Waals surface area contributed by atoms with Gasteiger partial charge in [-0.05, 0) is 13.8 Å². The van der Waals surface area contributed by atoms with E-state index in [2.05, 4.69) is 17.1 Å². The van der Waals surface area contributed by atoms with E-state index in [1.54, 1.807) is 0 Å². The average molecular weight is 169 g/mol. The second kappa shape index (κ2) is 4.26. The van der Waals surface area contributed by atoms with E-state index in [1.807, 2.05) is 13.8 Å². The molecule has 0 amide bonds. The topological polar surface area (TPSA) is 29.5 Å². The number of rotatable bonds is 3. The highest BCUT2D eigenvalue weighted by Gasteiger charge is 2.22. The maximum atomic E-state index is 11.2. The van der Waals surface area contributed by atoms with E-state index in [1.165, 1.54) is 0 Å². The number of esters is 1. The van der Waals surface area contributed by atoms with Gasteiger partial charge in [0.1, 0.15) is 6.04 Å². The monoisotopic (exact) mass is 169 g/mol. The molecule has 1 aliphatic heterocycles. The van der Waals surface area contributed by atoms with Crippen molar-refractivity contribution in [2.45, 2.75) is 19.9 Å². The first-order valence-corrected chi connectivity index (χ1v) is 4.31. The van der Waals surface area contributed by atoms with Crippen LogP contribution in [0.15, 0.2) is 12.2 Å². The van der Waals surface area contributed by atoms with Gasteiger partial charge in [-0.1, -0.05) is 12.2 Å². The van der Waals surface area contributed by atoms with Gasteiger partial charge in [-0.25, -0.2) is 0 Å². The first-order chi connectivity index (χ1) is 5.75. The Balaban J connectivity index is 2.35. The molecule has 3 nitrogen and oxygen atoms in total. The fraction of sp³-hybridized carbons (Fsp3) is 0.667. The third-order valence-corrected chi connectivity index (χ3v) is 2.02. The summed E-state index contributed by atoms with van der Waals surface area (Å²) in [6.07, 6.45) is 4.13. The average Bonchev–Trinajstić information content (AvgIpc) is 2.55. The minimum Gasteiger partial charge on any atom is -0.465 e. The van der Waals surface area contributed by atoms with Crippen LogP contribution in [-0.2, 0) is 9.53 Å². The summed E-state index contributed by atoms with van der Waals surface area (Å²) in [5.74, 6) is -0.124. The Kier molecular flexibility index (Phi) is 3.29. The van der Waals surface area contributed by atoms with Crippen LogP contribution < -0.4 is 0 Å². The molecule has 0 N–H and O–H groups in total. The summed E-state index contributed by atoms with van der Waals surface area (Å²) in [5, 5.41) is 0. The second-order valence-electron chi connectivity index (χ2n) is 2.85. The minimum absolute atomic E-state index is 0.111. The Morgan fingerprint density at radius 2 is 2.17 bits per heavy atom. The highest BCUT2D eigenvalue weighted by atomic mass is 16.5. The molecule has 0 aromatic carbocycles. The molecule has 0 fully saturated rings. The minimum atomic E-state index is -0.124. The molecule has 0 saturated carbocycles. The van der Waals surface area contributed by atoms with Crippen molar-refractivity contribution in [3.05, 3.63) is 12.2 Å². The van der Waals surface area contributed by atoms with Crippen molar-refractivity contribution >= 4 is 5.97 Å². The molecule has 0 bridgehead atoms. The number of ether oxygens (including phenoxy) is 1. The predicted octanol–water partition coefficient (Wildman–Crippen LogP) is 0.810. The Morgan fingerprint density at radius 3 is 2.67 bits per heavy atom. The maximum Gasteiger partial charge on any atom is 0.323 e. The van der Waals surface area contributed by atoms with E-state index < -0.39 is 0 Å². The maximum absolute atomic E-state index is 11.2. The van der Waals surface area contributed by atoms with Gasteiger partial charge in [0.2, 0.25) is 0 Å². The molecule has 1 heterocycles. The van der Waals surface area contributed by atoms with Crippen LogP contribution in [0.3, 0.4) is 0 Å². The molecule has 0 aliphatic carbocycles. The zero-order valence-electron chi connectivity index (χ0n) is 7.62. The molecule has 3 heteroatoms. The molecule has 0 unspecified atom stereocenters. The zero-order chi connectivity index (χ0) is 8.97. The van der Waals surface area contributed by atoms with Gasteiger partial charge in [-0.3, -0.25) is 9.69 Å². The third kappa shape index (κ3) is 2.08. The lowest BCUT2D eigenvalue weighted by Crippen LogP contribution is -2.38. The third-order valence-electron chi connectivity index (χ3n) is 2.02. The largest absolute Gasteiger partial charge is 0.465 e. The number of carbonyl (C=O) groups excluding carboxylic acids is 1. The molecule has 12 heavy (non-hydrogen) atoms. The van der Waals surface area contributed by atoms with Crippen LogP contribution in [0.1, 0.15) is 13.8 Å². The van der Waals surface area contributed by atoms with Crippen LogP contribution in [0, 0.1) is 0 Å². The number of hydrogen-bond acceptors (Lipinski definition) is 3. The summed E-state index contributed by atoms with van der Waals surface area (Å²) in [5.41, 5.74) is 0. The van der Waals surface area contributed by atoms with E-state index in [-0.39, 0.29) is 12.0 Å². The molecule has 0 aromatic rings. The van der Waals surface area contributed by atoms with Crippen molar-refractivity contribution in [3.63, 3.8) is 0 Å². The van der Waals surface area contributed by atoms with Crippen molar-refractivity contribution in [1.82, 2.24) is 4.90 Å². The van der Waals surface area contributed by atoms with Crippen molar-refractivity contribution in [3.8, 4) is 0 Å².